The summed E-state index contributed by atoms with van der Waals surface area (Å²) in [6.07, 6.45) is 7.03. The van der Waals surface area contributed by atoms with Gasteiger partial charge in [-0.1, -0.05) is 12.1 Å². The van der Waals surface area contributed by atoms with Crippen LogP contribution in [0.1, 0.15) is 54.7 Å². The van der Waals surface area contributed by atoms with Gasteiger partial charge in [0, 0.05) is 43.3 Å². The number of fused-ring (bicyclic) bond motifs is 1. The molecule has 16 heteroatoms. The van der Waals surface area contributed by atoms with Gasteiger partial charge in [-0.3, -0.25) is 9.59 Å². The number of aromatic nitrogens is 5. The molecule has 4 aromatic rings. The van der Waals surface area contributed by atoms with Crippen LogP contribution in [-0.2, 0) is 0 Å². The van der Waals surface area contributed by atoms with Gasteiger partial charge in [-0.25, -0.2) is 4.98 Å². The highest BCUT2D eigenvalue weighted by Gasteiger charge is 2.20. The summed E-state index contributed by atoms with van der Waals surface area (Å²) in [7, 11) is 0. The van der Waals surface area contributed by atoms with Crippen LogP contribution in [0.5, 0.6) is 0 Å². The molecule has 44 heavy (non-hydrogen) atoms. The molecule has 15 nitrogen and oxygen atoms in total. The summed E-state index contributed by atoms with van der Waals surface area (Å²) < 4.78 is 0. The first kappa shape index (κ1) is 37.6. The normalized spacial score (nSPS) is 14.0. The van der Waals surface area contributed by atoms with Gasteiger partial charge in [-0.15, -0.1) is 12.4 Å². The molecule has 2 aromatic carbocycles. The van der Waals surface area contributed by atoms with Gasteiger partial charge >= 0.3 is 0 Å². The van der Waals surface area contributed by atoms with Crippen LogP contribution in [-0.4, -0.2) is 57.0 Å². The molecule has 2 saturated heterocycles. The maximum absolute atomic E-state index is 12.8. The van der Waals surface area contributed by atoms with Crippen molar-refractivity contribution in [3.63, 3.8) is 0 Å². The largest absolute Gasteiger partial charge is 0.344 e. The van der Waals surface area contributed by atoms with Gasteiger partial charge in [0.25, 0.3) is 11.5 Å². The van der Waals surface area contributed by atoms with E-state index in [1.54, 1.807) is 36.4 Å². The quantitative estimate of drug-likeness (QED) is 0.125. The molecule has 2 aliphatic heterocycles. The second-order valence-electron chi connectivity index (χ2n) is 9.94. The van der Waals surface area contributed by atoms with E-state index in [2.05, 4.69) is 30.4 Å². The summed E-state index contributed by atoms with van der Waals surface area (Å²) in [5, 5.41) is 6.06. The topological polar surface area (TPSA) is 272 Å². The van der Waals surface area contributed by atoms with Crippen molar-refractivity contribution in [3.05, 3.63) is 64.6 Å². The number of hydrogen-bond acceptors (Lipinski definition) is 13. The van der Waals surface area contributed by atoms with Crippen molar-refractivity contribution < 1.29 is 10.5 Å². The summed E-state index contributed by atoms with van der Waals surface area (Å²) in [5.41, 5.74) is 1.73. The Labute approximate surface area is 268 Å². The standard InChI is InChI=1S/C28H31N9O2.ClH.4H3N.4H2/c38-24(23-25(39)32-22-10-4-3-9-21(22)31-23)29-19-11-13-20(14-12-19)30-26-33-27(36-15-5-1-6-16-36)35-28(34-26)37-17-7-2-8-18-37;;;;;;;;;/h3-4,9-14H,1-2,5-8,15-18H2,(H,29,38)(H,32,39)(H,30,33,34,35);1H;4*1H3;4*1H. The molecule has 248 valence electrons. The van der Waals surface area contributed by atoms with Crippen LogP contribution in [0.25, 0.3) is 11.0 Å². The summed E-state index contributed by atoms with van der Waals surface area (Å²) in [4.78, 5) is 50.9. The van der Waals surface area contributed by atoms with Gasteiger partial charge in [0.1, 0.15) is 0 Å². The Kier molecular flexibility index (Phi) is 14.6. The number of para-hydroxylation sites is 2. The molecule has 6 rings (SSSR count). The molecule has 0 bridgehead atoms. The van der Waals surface area contributed by atoms with Gasteiger partial charge in [-0.2, -0.15) is 15.0 Å². The zero-order valence-electron chi connectivity index (χ0n) is 24.9. The lowest BCUT2D eigenvalue weighted by molar-refractivity contribution is 0.102. The van der Waals surface area contributed by atoms with Crippen LogP contribution < -0.4 is 50.6 Å². The Morgan fingerprint density at radius 3 is 1.80 bits per heavy atom. The molecular formula is C28H52ClN13O2. The Balaban J connectivity index is -0.00000108. The Morgan fingerprint density at radius 1 is 0.705 bits per heavy atom. The fourth-order valence-electron chi connectivity index (χ4n) is 5.02. The third kappa shape index (κ3) is 8.58. The first-order valence-electron chi connectivity index (χ1n) is 13.6. The number of amides is 1. The highest BCUT2D eigenvalue weighted by Crippen LogP contribution is 2.24. The monoisotopic (exact) mass is 637 g/mol. The number of benzene rings is 2. The van der Waals surface area contributed by atoms with E-state index in [1.165, 1.54) is 12.8 Å². The predicted molar refractivity (Wildman–Crippen MR) is 188 cm³/mol. The van der Waals surface area contributed by atoms with Gasteiger partial charge < -0.3 is 50.0 Å². The first-order chi connectivity index (χ1) is 19.1. The minimum atomic E-state index is -0.572. The third-order valence-electron chi connectivity index (χ3n) is 7.10. The minimum Gasteiger partial charge on any atom is -0.344 e. The lowest BCUT2D eigenvalue weighted by Gasteiger charge is -2.30. The van der Waals surface area contributed by atoms with Crippen LogP contribution in [0.4, 0.5) is 29.2 Å². The molecule has 2 aromatic heterocycles. The molecule has 2 aliphatic rings. The predicted octanol–water partition coefficient (Wildman–Crippen LogP) is 6.14. The van der Waals surface area contributed by atoms with Crippen molar-refractivity contribution >= 4 is 58.6 Å². The van der Waals surface area contributed by atoms with Crippen LogP contribution in [0.2, 0.25) is 0 Å². The molecular weight excluding hydrogens is 586 g/mol. The van der Waals surface area contributed by atoms with Gasteiger partial charge in [0.2, 0.25) is 17.8 Å². The van der Waals surface area contributed by atoms with Crippen molar-refractivity contribution in [1.29, 1.82) is 0 Å². The van der Waals surface area contributed by atoms with E-state index in [1.807, 2.05) is 12.1 Å². The number of carbonyl (C=O) groups excluding carboxylic acids is 1. The fraction of sp³-hybridized carbons (Fsp3) is 0.357. The molecule has 0 atom stereocenters. The highest BCUT2D eigenvalue weighted by molar-refractivity contribution is 6.03. The molecule has 15 N–H and O–H groups in total. The van der Waals surface area contributed by atoms with Crippen molar-refractivity contribution in [2.45, 2.75) is 38.5 Å². The molecule has 0 unspecified atom stereocenters. The second kappa shape index (κ2) is 17.0. The Morgan fingerprint density at radius 2 is 1.23 bits per heavy atom. The Hall–Kier alpha value is -4.41. The van der Waals surface area contributed by atoms with E-state index in [-0.39, 0.29) is 48.4 Å². The maximum atomic E-state index is 12.8. The number of H-pyrrole nitrogens is 1. The van der Waals surface area contributed by atoms with Gasteiger partial charge in [-0.05, 0) is 74.9 Å². The zero-order chi connectivity index (χ0) is 26.6. The van der Waals surface area contributed by atoms with Crippen LogP contribution in [0.3, 0.4) is 0 Å². The second-order valence-corrected chi connectivity index (χ2v) is 9.94. The van der Waals surface area contributed by atoms with Crippen molar-refractivity contribution in [2.24, 2.45) is 0 Å². The van der Waals surface area contributed by atoms with Crippen LogP contribution in [0, 0.1) is 0 Å². The SMILES string of the molecule is Cl.N.N.N.N.O=C(Nc1ccc(Nc2nc(N3CCCCC3)nc(N3CCCCC3)n2)cc1)c1nc2ccccc2[nH]c1=O.[HH].[HH].[HH].[HH]. The van der Waals surface area contributed by atoms with Crippen LogP contribution in [0.15, 0.2) is 53.3 Å². The van der Waals surface area contributed by atoms with Crippen molar-refractivity contribution in [2.75, 3.05) is 46.6 Å². The molecule has 0 aliphatic carbocycles. The summed E-state index contributed by atoms with van der Waals surface area (Å²) >= 11 is 0. The summed E-state index contributed by atoms with van der Waals surface area (Å²) in [6.45, 7) is 3.80. The highest BCUT2D eigenvalue weighted by atomic mass is 35.5. The first-order valence-corrected chi connectivity index (χ1v) is 13.6. The molecule has 0 spiro atoms. The average Bonchev–Trinajstić information content (AvgIpc) is 2.98. The zero-order valence-corrected chi connectivity index (χ0v) is 25.7. The maximum Gasteiger partial charge on any atom is 0.280 e. The number of hydrogen-bond donors (Lipinski definition) is 7. The number of rotatable bonds is 6. The van der Waals surface area contributed by atoms with E-state index in [0.29, 0.717) is 34.6 Å². The number of aromatic amines is 1. The number of carbonyl (C=O) groups is 1. The lowest BCUT2D eigenvalue weighted by Crippen LogP contribution is -2.34. The van der Waals surface area contributed by atoms with E-state index >= 15 is 0 Å². The number of nitrogens with zero attached hydrogens (tertiary/aromatic N) is 6. The van der Waals surface area contributed by atoms with E-state index in [9.17, 15) is 9.59 Å². The van der Waals surface area contributed by atoms with E-state index < -0.39 is 11.5 Å². The number of halogens is 1. The van der Waals surface area contributed by atoms with Crippen molar-refractivity contribution in [3.8, 4) is 0 Å². The van der Waals surface area contributed by atoms with Gasteiger partial charge in [0.15, 0.2) is 5.69 Å². The molecule has 1 amide bonds. The summed E-state index contributed by atoms with van der Waals surface area (Å²) in [6, 6.07) is 14.3. The van der Waals surface area contributed by atoms with Gasteiger partial charge in [0.05, 0.1) is 11.0 Å². The molecule has 4 heterocycles. The number of piperidine rings is 2. The fourth-order valence-corrected chi connectivity index (χ4v) is 5.02. The average molecular weight is 638 g/mol. The van der Waals surface area contributed by atoms with E-state index in [4.69, 9.17) is 15.0 Å². The third-order valence-corrected chi connectivity index (χ3v) is 7.10. The van der Waals surface area contributed by atoms with E-state index in [0.717, 1.165) is 57.5 Å². The smallest absolute Gasteiger partial charge is 0.280 e. The molecule has 0 radical (unpaired) electrons. The molecule has 0 saturated carbocycles. The van der Waals surface area contributed by atoms with Crippen LogP contribution >= 0.6 is 12.4 Å². The number of nitrogens with one attached hydrogen (secondary N) is 3. The van der Waals surface area contributed by atoms with Crippen molar-refractivity contribution in [1.82, 2.24) is 49.5 Å². The lowest BCUT2D eigenvalue weighted by atomic mass is 10.1. The Bertz CT molecular complexity index is 1520. The molecule has 2 fully saturated rings. The summed E-state index contributed by atoms with van der Waals surface area (Å²) in [5.74, 6) is 1.35. The number of anilines is 5. The minimum absolute atomic E-state index is 0.